The van der Waals surface area contributed by atoms with Crippen molar-refractivity contribution in [3.8, 4) is 28.1 Å². The second kappa shape index (κ2) is 6.91. The molecule has 0 aliphatic heterocycles. The maximum atomic E-state index is 14.3. The number of hydrogen-bond donors (Lipinski definition) is 0. The molecule has 3 heterocycles. The number of imidazole rings is 1. The van der Waals surface area contributed by atoms with Crippen LogP contribution in [0.2, 0.25) is 0 Å². The Morgan fingerprint density at radius 3 is 2.50 bits per heavy atom. The molecule has 0 atom stereocenters. The Morgan fingerprint density at radius 2 is 1.73 bits per heavy atom. The molecule has 0 saturated carbocycles. The summed E-state index contributed by atoms with van der Waals surface area (Å²) in [5.74, 6) is -0.518. The predicted molar refractivity (Wildman–Crippen MR) is 113 cm³/mol. The quantitative estimate of drug-likeness (QED) is 0.383. The molecule has 0 unspecified atom stereocenters. The lowest BCUT2D eigenvalue weighted by Crippen LogP contribution is -1.95. The number of benzene rings is 2. The maximum Gasteiger partial charge on any atom is 0.152 e. The van der Waals surface area contributed by atoms with Crippen molar-refractivity contribution < 1.29 is 13.5 Å². The van der Waals surface area contributed by atoms with Crippen molar-refractivity contribution in [3.05, 3.63) is 84.3 Å². The van der Waals surface area contributed by atoms with Gasteiger partial charge in [0.1, 0.15) is 22.7 Å². The number of halogens is 2. The molecule has 0 spiro atoms. The van der Waals surface area contributed by atoms with Crippen molar-refractivity contribution in [2.45, 2.75) is 6.92 Å². The highest BCUT2D eigenvalue weighted by atomic mass is 19.1. The first-order valence-electron chi connectivity index (χ1n) is 9.42. The van der Waals surface area contributed by atoms with E-state index in [2.05, 4.69) is 9.97 Å². The molecular formula is C24H17F2N3O. The van der Waals surface area contributed by atoms with E-state index in [1.165, 1.54) is 6.07 Å². The fourth-order valence-corrected chi connectivity index (χ4v) is 3.74. The van der Waals surface area contributed by atoms with Gasteiger partial charge < -0.3 is 4.74 Å². The minimum atomic E-state index is -0.675. The summed E-state index contributed by atoms with van der Waals surface area (Å²) in [7, 11) is 1.63. The van der Waals surface area contributed by atoms with Crippen LogP contribution in [0.25, 0.3) is 38.9 Å². The Kier molecular flexibility index (Phi) is 4.20. The van der Waals surface area contributed by atoms with E-state index in [-0.39, 0.29) is 5.52 Å². The summed E-state index contributed by atoms with van der Waals surface area (Å²) in [6.07, 6.45) is 3.62. The van der Waals surface area contributed by atoms with Crippen molar-refractivity contribution >= 4 is 16.6 Å². The van der Waals surface area contributed by atoms with E-state index >= 15 is 0 Å². The van der Waals surface area contributed by atoms with E-state index in [0.717, 1.165) is 34.3 Å². The SMILES string of the molecule is COc1ccc(-c2ccn3c(-c4cc(C)nc5c(F)cc(F)cc45)cnc3c2)cc1. The van der Waals surface area contributed by atoms with E-state index in [1.807, 2.05) is 53.1 Å². The van der Waals surface area contributed by atoms with Crippen LogP contribution in [0.4, 0.5) is 8.78 Å². The van der Waals surface area contributed by atoms with Crippen molar-refractivity contribution in [2.24, 2.45) is 0 Å². The minimum Gasteiger partial charge on any atom is -0.497 e. The first-order chi connectivity index (χ1) is 14.5. The highest BCUT2D eigenvalue weighted by Crippen LogP contribution is 2.32. The molecular weight excluding hydrogens is 384 g/mol. The summed E-state index contributed by atoms with van der Waals surface area (Å²) >= 11 is 0. The number of aryl methyl sites for hydroxylation is 1. The molecule has 5 rings (SSSR count). The van der Waals surface area contributed by atoms with Gasteiger partial charge in [0.05, 0.1) is 19.0 Å². The first-order valence-corrected chi connectivity index (χ1v) is 9.42. The third-order valence-electron chi connectivity index (χ3n) is 5.17. The van der Waals surface area contributed by atoms with Gasteiger partial charge in [-0.15, -0.1) is 0 Å². The Morgan fingerprint density at radius 1 is 0.933 bits per heavy atom. The van der Waals surface area contributed by atoms with Crippen LogP contribution >= 0.6 is 0 Å². The summed E-state index contributed by atoms with van der Waals surface area (Å²) in [6.45, 7) is 1.79. The van der Waals surface area contributed by atoms with Gasteiger partial charge in [-0.1, -0.05) is 12.1 Å². The van der Waals surface area contributed by atoms with Crippen LogP contribution in [0, 0.1) is 18.6 Å². The van der Waals surface area contributed by atoms with Crippen molar-refractivity contribution in [2.75, 3.05) is 7.11 Å². The van der Waals surface area contributed by atoms with Crippen LogP contribution in [-0.4, -0.2) is 21.5 Å². The second-order valence-corrected chi connectivity index (χ2v) is 7.11. The van der Waals surface area contributed by atoms with Crippen LogP contribution in [0.3, 0.4) is 0 Å². The number of fused-ring (bicyclic) bond motifs is 2. The molecule has 4 nitrogen and oxygen atoms in total. The lowest BCUT2D eigenvalue weighted by molar-refractivity contribution is 0.415. The molecule has 2 aromatic carbocycles. The molecule has 0 N–H and O–H groups in total. The van der Waals surface area contributed by atoms with Gasteiger partial charge in [-0.2, -0.15) is 0 Å². The van der Waals surface area contributed by atoms with E-state index < -0.39 is 11.6 Å². The van der Waals surface area contributed by atoms with Crippen molar-refractivity contribution in [3.63, 3.8) is 0 Å². The first kappa shape index (κ1) is 18.2. The van der Waals surface area contributed by atoms with Crippen LogP contribution < -0.4 is 4.74 Å². The maximum absolute atomic E-state index is 14.3. The highest BCUT2D eigenvalue weighted by Gasteiger charge is 2.15. The molecule has 0 aliphatic rings. The Hall–Kier alpha value is -3.80. The predicted octanol–water partition coefficient (Wildman–Crippen LogP) is 5.81. The zero-order chi connectivity index (χ0) is 20.8. The summed E-state index contributed by atoms with van der Waals surface area (Å²) in [4.78, 5) is 8.78. The fourth-order valence-electron chi connectivity index (χ4n) is 3.74. The normalized spacial score (nSPS) is 11.3. The summed E-state index contributed by atoms with van der Waals surface area (Å²) in [5, 5.41) is 0.416. The van der Waals surface area contributed by atoms with Gasteiger partial charge in [0, 0.05) is 28.9 Å². The summed E-state index contributed by atoms with van der Waals surface area (Å²) in [6, 6.07) is 15.7. The Balaban J connectivity index is 1.67. The topological polar surface area (TPSA) is 39.4 Å². The fraction of sp³-hybridized carbons (Fsp3) is 0.0833. The van der Waals surface area contributed by atoms with Crippen molar-refractivity contribution in [1.82, 2.24) is 14.4 Å². The molecule has 0 bridgehead atoms. The van der Waals surface area contributed by atoms with Crippen LogP contribution in [0.5, 0.6) is 5.75 Å². The zero-order valence-electron chi connectivity index (χ0n) is 16.4. The molecule has 30 heavy (non-hydrogen) atoms. The third kappa shape index (κ3) is 2.97. The number of aromatic nitrogens is 3. The third-order valence-corrected chi connectivity index (χ3v) is 5.17. The standard InChI is InChI=1S/C24H17F2N3O/c1-14-9-19(20-11-17(25)12-21(26)24(20)28-14)22-13-27-23-10-16(7-8-29(22)23)15-3-5-18(30-2)6-4-15/h3-13H,1-2H3. The largest absolute Gasteiger partial charge is 0.497 e. The van der Waals surface area contributed by atoms with Gasteiger partial charge in [0.15, 0.2) is 5.82 Å². The van der Waals surface area contributed by atoms with E-state index in [4.69, 9.17) is 4.74 Å². The molecule has 5 aromatic rings. The zero-order valence-corrected chi connectivity index (χ0v) is 16.4. The number of nitrogens with zero attached hydrogens (tertiary/aromatic N) is 3. The monoisotopic (exact) mass is 401 g/mol. The molecule has 3 aromatic heterocycles. The van der Waals surface area contributed by atoms with E-state index in [1.54, 1.807) is 20.2 Å². The van der Waals surface area contributed by atoms with Gasteiger partial charge in [-0.05, 0) is 54.4 Å². The van der Waals surface area contributed by atoms with Crippen molar-refractivity contribution in [1.29, 1.82) is 0 Å². The molecule has 6 heteroatoms. The molecule has 0 amide bonds. The minimum absolute atomic E-state index is 0.149. The molecule has 0 aliphatic carbocycles. The second-order valence-electron chi connectivity index (χ2n) is 7.11. The lowest BCUT2D eigenvalue weighted by Gasteiger charge is -2.10. The van der Waals surface area contributed by atoms with Gasteiger partial charge in [0.2, 0.25) is 0 Å². The number of methoxy groups -OCH3 is 1. The molecule has 0 fully saturated rings. The Labute approximate surface area is 171 Å². The molecule has 0 saturated heterocycles. The van der Waals surface area contributed by atoms with Crippen LogP contribution in [0.1, 0.15) is 5.69 Å². The van der Waals surface area contributed by atoms with E-state index in [9.17, 15) is 8.78 Å². The summed E-state index contributed by atoms with van der Waals surface area (Å²) < 4.78 is 35.4. The number of rotatable bonds is 3. The number of hydrogen-bond acceptors (Lipinski definition) is 3. The average molecular weight is 401 g/mol. The van der Waals surface area contributed by atoms with Gasteiger partial charge in [0.25, 0.3) is 0 Å². The number of pyridine rings is 2. The molecule has 0 radical (unpaired) electrons. The van der Waals surface area contributed by atoms with Gasteiger partial charge in [-0.25, -0.2) is 18.7 Å². The van der Waals surface area contributed by atoms with Crippen LogP contribution in [0.15, 0.2) is 67.0 Å². The van der Waals surface area contributed by atoms with Crippen LogP contribution in [-0.2, 0) is 0 Å². The summed E-state index contributed by atoms with van der Waals surface area (Å²) in [5.41, 5.74) is 5.00. The average Bonchev–Trinajstić information content (AvgIpc) is 3.17. The Bertz CT molecular complexity index is 1410. The lowest BCUT2D eigenvalue weighted by atomic mass is 10.0. The molecule has 148 valence electrons. The number of ether oxygens (including phenoxy) is 1. The van der Waals surface area contributed by atoms with E-state index in [0.29, 0.717) is 16.6 Å². The van der Waals surface area contributed by atoms with Gasteiger partial charge >= 0.3 is 0 Å². The van der Waals surface area contributed by atoms with Gasteiger partial charge in [-0.3, -0.25) is 4.40 Å². The highest BCUT2D eigenvalue weighted by molar-refractivity contribution is 5.94. The smallest absolute Gasteiger partial charge is 0.152 e.